The highest BCUT2D eigenvalue weighted by atomic mass is 19.2. The molecule has 0 saturated carbocycles. The molecule has 11 heavy (non-hydrogen) atoms. The normalized spacial score (nSPS) is 51.5. The Morgan fingerprint density at radius 2 is 2.09 bits per heavy atom. The zero-order chi connectivity index (χ0) is 8.65. The van der Waals surface area contributed by atoms with Gasteiger partial charge >= 0.3 is 0 Å². The average molecular weight is 166 g/mol. The quantitative estimate of drug-likeness (QED) is 0.457. The lowest BCUT2D eigenvalue weighted by atomic mass is 10.1. The first-order valence-corrected chi connectivity index (χ1v) is 3.35. The summed E-state index contributed by atoms with van der Waals surface area (Å²) in [5.74, 6) is -2.50. The van der Waals surface area contributed by atoms with Gasteiger partial charge in [0, 0.05) is 0 Å². The standard InChI is InChI=1S/C6H11FO4/c1-3-4(9)5(10)6(7,2-8)11-3/h3-5,8-10H,2H2,1H3/t3-,4+,5?,6+/m0/s1. The average Bonchev–Trinajstić information content (AvgIpc) is 2.17. The number of hydrogen-bond donors (Lipinski definition) is 3. The smallest absolute Gasteiger partial charge is 0.261 e. The minimum atomic E-state index is -2.50. The fourth-order valence-electron chi connectivity index (χ4n) is 1.09. The van der Waals surface area contributed by atoms with Crippen LogP contribution in [0.5, 0.6) is 0 Å². The molecule has 0 aromatic rings. The van der Waals surface area contributed by atoms with Crippen molar-refractivity contribution < 1.29 is 24.4 Å². The lowest BCUT2D eigenvalue weighted by molar-refractivity contribution is -0.193. The molecule has 1 rings (SSSR count). The molecule has 0 aromatic carbocycles. The first kappa shape index (κ1) is 8.86. The molecule has 1 saturated heterocycles. The van der Waals surface area contributed by atoms with Gasteiger partial charge in [-0.05, 0) is 6.92 Å². The molecule has 1 fully saturated rings. The van der Waals surface area contributed by atoms with Crippen LogP contribution in [0.3, 0.4) is 0 Å². The van der Waals surface area contributed by atoms with Crippen LogP contribution in [0.4, 0.5) is 4.39 Å². The van der Waals surface area contributed by atoms with E-state index in [0.29, 0.717) is 0 Å². The van der Waals surface area contributed by atoms with E-state index in [4.69, 9.17) is 15.3 Å². The Morgan fingerprint density at radius 3 is 2.27 bits per heavy atom. The van der Waals surface area contributed by atoms with E-state index in [1.807, 2.05) is 0 Å². The van der Waals surface area contributed by atoms with Gasteiger partial charge in [0.1, 0.15) is 18.8 Å². The molecule has 0 radical (unpaired) electrons. The summed E-state index contributed by atoms with van der Waals surface area (Å²) in [5.41, 5.74) is 0. The SMILES string of the molecule is C[C@@H]1O[C@](F)(CO)C(O)[C@@H]1O. The van der Waals surface area contributed by atoms with E-state index < -0.39 is 30.8 Å². The molecule has 4 nitrogen and oxygen atoms in total. The fourth-order valence-corrected chi connectivity index (χ4v) is 1.09. The lowest BCUT2D eigenvalue weighted by Crippen LogP contribution is -2.42. The van der Waals surface area contributed by atoms with E-state index in [-0.39, 0.29) is 0 Å². The van der Waals surface area contributed by atoms with Crippen LogP contribution >= 0.6 is 0 Å². The monoisotopic (exact) mass is 166 g/mol. The summed E-state index contributed by atoms with van der Waals surface area (Å²) in [6.45, 7) is 0.473. The summed E-state index contributed by atoms with van der Waals surface area (Å²) in [6.07, 6.45) is -3.73. The van der Waals surface area contributed by atoms with Crippen LogP contribution in [-0.2, 0) is 4.74 Å². The zero-order valence-electron chi connectivity index (χ0n) is 6.07. The van der Waals surface area contributed by atoms with Gasteiger partial charge in [0.2, 0.25) is 0 Å². The molecule has 0 bridgehead atoms. The van der Waals surface area contributed by atoms with Crippen LogP contribution in [0.25, 0.3) is 0 Å². The maximum Gasteiger partial charge on any atom is 0.261 e. The van der Waals surface area contributed by atoms with Crippen molar-refractivity contribution in [2.75, 3.05) is 6.61 Å². The maximum absolute atomic E-state index is 13.1. The fraction of sp³-hybridized carbons (Fsp3) is 1.00. The number of ether oxygens (including phenoxy) is 1. The Kier molecular flexibility index (Phi) is 2.15. The molecule has 5 heteroatoms. The Balaban J connectivity index is 2.73. The van der Waals surface area contributed by atoms with Gasteiger partial charge in [0.05, 0.1) is 6.10 Å². The third-order valence-corrected chi connectivity index (χ3v) is 1.84. The van der Waals surface area contributed by atoms with E-state index in [9.17, 15) is 4.39 Å². The van der Waals surface area contributed by atoms with Gasteiger partial charge < -0.3 is 20.1 Å². The molecule has 1 aliphatic heterocycles. The van der Waals surface area contributed by atoms with Crippen molar-refractivity contribution >= 4 is 0 Å². The second-order valence-corrected chi connectivity index (χ2v) is 2.70. The van der Waals surface area contributed by atoms with Crippen LogP contribution in [-0.4, -0.2) is 46.1 Å². The van der Waals surface area contributed by atoms with E-state index in [0.717, 1.165) is 0 Å². The van der Waals surface area contributed by atoms with E-state index in [2.05, 4.69) is 4.74 Å². The zero-order valence-corrected chi connectivity index (χ0v) is 6.07. The van der Waals surface area contributed by atoms with Gasteiger partial charge in [-0.1, -0.05) is 0 Å². The largest absolute Gasteiger partial charge is 0.390 e. The minimum absolute atomic E-state index is 0.790. The Labute approximate surface area is 63.2 Å². The molecule has 0 aromatic heterocycles. The summed E-state index contributed by atoms with van der Waals surface area (Å²) in [5, 5.41) is 26.4. The second-order valence-electron chi connectivity index (χ2n) is 2.70. The molecular weight excluding hydrogens is 155 g/mol. The third kappa shape index (κ3) is 1.24. The summed E-state index contributed by atoms with van der Waals surface area (Å²) >= 11 is 0. The molecule has 66 valence electrons. The van der Waals surface area contributed by atoms with Crippen LogP contribution in [0, 0.1) is 0 Å². The maximum atomic E-state index is 13.1. The number of aliphatic hydroxyl groups is 3. The first-order chi connectivity index (χ1) is 5.01. The topological polar surface area (TPSA) is 69.9 Å². The number of halogens is 1. The highest BCUT2D eigenvalue weighted by molar-refractivity contribution is 4.93. The molecule has 4 atom stereocenters. The van der Waals surface area contributed by atoms with Gasteiger partial charge in [0.25, 0.3) is 5.85 Å². The van der Waals surface area contributed by atoms with Crippen molar-refractivity contribution in [2.24, 2.45) is 0 Å². The Morgan fingerprint density at radius 1 is 1.55 bits per heavy atom. The second kappa shape index (κ2) is 2.67. The highest BCUT2D eigenvalue weighted by Gasteiger charge is 2.53. The van der Waals surface area contributed by atoms with Gasteiger partial charge in [-0.15, -0.1) is 0 Å². The third-order valence-electron chi connectivity index (χ3n) is 1.84. The van der Waals surface area contributed by atoms with Crippen LogP contribution in [0.2, 0.25) is 0 Å². The van der Waals surface area contributed by atoms with Gasteiger partial charge in [-0.2, -0.15) is 0 Å². The van der Waals surface area contributed by atoms with E-state index >= 15 is 0 Å². The molecule has 0 amide bonds. The molecule has 1 aliphatic rings. The summed E-state index contributed by atoms with van der Waals surface area (Å²) in [4.78, 5) is 0. The summed E-state index contributed by atoms with van der Waals surface area (Å²) < 4.78 is 17.6. The van der Waals surface area contributed by atoms with Gasteiger partial charge in [-0.25, -0.2) is 4.39 Å². The molecule has 3 N–H and O–H groups in total. The van der Waals surface area contributed by atoms with Crippen LogP contribution in [0.1, 0.15) is 6.92 Å². The van der Waals surface area contributed by atoms with Crippen molar-refractivity contribution in [3.63, 3.8) is 0 Å². The van der Waals surface area contributed by atoms with Gasteiger partial charge in [0.15, 0.2) is 0 Å². The van der Waals surface area contributed by atoms with Crippen molar-refractivity contribution in [2.45, 2.75) is 31.1 Å². The van der Waals surface area contributed by atoms with Crippen molar-refractivity contribution in [1.29, 1.82) is 0 Å². The minimum Gasteiger partial charge on any atom is -0.390 e. The predicted molar refractivity (Wildman–Crippen MR) is 33.5 cm³/mol. The Hall–Kier alpha value is -0.230. The predicted octanol–water partition coefficient (Wildman–Crippen LogP) is -1.22. The lowest BCUT2D eigenvalue weighted by Gasteiger charge is -2.19. The molecular formula is C6H11FO4. The van der Waals surface area contributed by atoms with Crippen molar-refractivity contribution in [1.82, 2.24) is 0 Å². The van der Waals surface area contributed by atoms with Gasteiger partial charge in [-0.3, -0.25) is 0 Å². The first-order valence-electron chi connectivity index (χ1n) is 3.35. The van der Waals surface area contributed by atoms with Crippen LogP contribution in [0.15, 0.2) is 0 Å². The number of hydrogen-bond acceptors (Lipinski definition) is 4. The number of aliphatic hydroxyl groups excluding tert-OH is 3. The molecule has 0 spiro atoms. The number of rotatable bonds is 1. The Bertz CT molecular complexity index is 154. The van der Waals surface area contributed by atoms with Crippen molar-refractivity contribution in [3.8, 4) is 0 Å². The molecule has 1 heterocycles. The van der Waals surface area contributed by atoms with E-state index in [1.54, 1.807) is 0 Å². The van der Waals surface area contributed by atoms with Crippen LogP contribution < -0.4 is 0 Å². The summed E-state index contributed by atoms with van der Waals surface area (Å²) in [7, 11) is 0. The molecule has 0 aliphatic carbocycles. The summed E-state index contributed by atoms with van der Waals surface area (Å²) in [6, 6.07) is 0. The van der Waals surface area contributed by atoms with Crippen molar-refractivity contribution in [3.05, 3.63) is 0 Å². The molecule has 1 unspecified atom stereocenters. The van der Waals surface area contributed by atoms with E-state index in [1.165, 1.54) is 6.92 Å². The number of alkyl halides is 1. The highest BCUT2D eigenvalue weighted by Crippen LogP contribution is 2.31.